The minimum absolute atomic E-state index is 0.243. The van der Waals surface area contributed by atoms with E-state index < -0.39 is 0 Å². The molecule has 2 aromatic heterocycles. The first kappa shape index (κ1) is 20.6. The van der Waals surface area contributed by atoms with Gasteiger partial charge in [-0.2, -0.15) is 0 Å². The van der Waals surface area contributed by atoms with E-state index in [9.17, 15) is 4.39 Å². The maximum atomic E-state index is 13.4. The van der Waals surface area contributed by atoms with Crippen molar-refractivity contribution in [2.75, 3.05) is 17.2 Å². The second-order valence-electron chi connectivity index (χ2n) is 7.83. The Morgan fingerprint density at radius 2 is 1.80 bits per heavy atom. The average molecular weight is 425 g/mol. The van der Waals surface area contributed by atoms with Crippen molar-refractivity contribution >= 4 is 23.2 Å². The van der Waals surface area contributed by atoms with Crippen LogP contribution in [0.1, 0.15) is 37.7 Å². The van der Waals surface area contributed by atoms with Crippen molar-refractivity contribution in [2.45, 2.75) is 38.6 Å². The summed E-state index contributed by atoms with van der Waals surface area (Å²) in [4.78, 5) is 9.12. The number of hydrogen-bond donors (Lipinski definition) is 2. The Kier molecular flexibility index (Phi) is 6.80. The fourth-order valence-electron chi connectivity index (χ4n) is 3.89. The number of benzene rings is 1. The van der Waals surface area contributed by atoms with E-state index in [1.807, 2.05) is 30.3 Å². The Balaban J connectivity index is 1.45. The van der Waals surface area contributed by atoms with Gasteiger partial charge in [-0.1, -0.05) is 49.1 Å². The number of aromatic nitrogens is 2. The smallest absolute Gasteiger partial charge is 0.126 e. The van der Waals surface area contributed by atoms with Gasteiger partial charge in [0.1, 0.15) is 17.5 Å². The molecule has 2 N–H and O–H groups in total. The number of pyridine rings is 2. The normalized spacial score (nSPS) is 14.5. The number of nitrogens with zero attached hydrogens (tertiary/aromatic N) is 2. The van der Waals surface area contributed by atoms with E-state index in [0.717, 1.165) is 29.2 Å². The summed E-state index contributed by atoms with van der Waals surface area (Å²) in [6.07, 6.45) is 8.25. The molecule has 3 aromatic rings. The fourth-order valence-corrected chi connectivity index (χ4v) is 4.09. The molecule has 4 nitrogen and oxygen atoms in total. The van der Waals surface area contributed by atoms with Gasteiger partial charge in [0, 0.05) is 24.8 Å². The average Bonchev–Trinajstić information content (AvgIpc) is 2.78. The van der Waals surface area contributed by atoms with Crippen molar-refractivity contribution in [3.63, 3.8) is 0 Å². The summed E-state index contributed by atoms with van der Waals surface area (Å²) in [5, 5.41) is 7.28. The third-order valence-electron chi connectivity index (χ3n) is 5.54. The lowest BCUT2D eigenvalue weighted by Gasteiger charge is -2.22. The first-order valence-electron chi connectivity index (χ1n) is 10.5. The molecule has 0 radical (unpaired) electrons. The van der Waals surface area contributed by atoms with Gasteiger partial charge < -0.3 is 10.6 Å². The van der Waals surface area contributed by atoms with Crippen molar-refractivity contribution in [2.24, 2.45) is 5.92 Å². The standard InChI is InChI=1S/C24H26ClFN4/c25-21-16-29-24(28-14-17-6-2-1-3-7-17)13-20(21)22-10-5-11-23(30-22)27-15-18-8-4-9-19(26)12-18/h4-5,8-13,16-17H,1-3,6-7,14-15H2,(H,27,30)(H,28,29). The molecule has 0 amide bonds. The van der Waals surface area contributed by atoms with Gasteiger partial charge in [-0.15, -0.1) is 0 Å². The SMILES string of the molecule is Fc1cccc(CNc2cccc(-c3cc(NCC4CCCCC4)ncc3Cl)n2)c1. The van der Waals surface area contributed by atoms with Gasteiger partial charge in [0.25, 0.3) is 0 Å². The van der Waals surface area contributed by atoms with Crippen LogP contribution < -0.4 is 10.6 Å². The second-order valence-corrected chi connectivity index (χ2v) is 8.23. The Bertz CT molecular complexity index is 988. The third-order valence-corrected chi connectivity index (χ3v) is 5.84. The molecule has 0 bridgehead atoms. The number of hydrogen-bond acceptors (Lipinski definition) is 4. The van der Waals surface area contributed by atoms with Gasteiger partial charge in [0.05, 0.1) is 10.7 Å². The summed E-state index contributed by atoms with van der Waals surface area (Å²) in [5.74, 6) is 2.00. The molecule has 6 heteroatoms. The van der Waals surface area contributed by atoms with E-state index in [4.69, 9.17) is 11.6 Å². The van der Waals surface area contributed by atoms with Crippen LogP contribution in [0.25, 0.3) is 11.3 Å². The lowest BCUT2D eigenvalue weighted by molar-refractivity contribution is 0.373. The molecular weight excluding hydrogens is 399 g/mol. The van der Waals surface area contributed by atoms with E-state index >= 15 is 0 Å². The third kappa shape index (κ3) is 5.48. The Morgan fingerprint density at radius 3 is 2.63 bits per heavy atom. The van der Waals surface area contributed by atoms with Gasteiger partial charge in [-0.25, -0.2) is 14.4 Å². The number of rotatable bonds is 7. The molecule has 0 saturated heterocycles. The lowest BCUT2D eigenvalue weighted by Crippen LogP contribution is -2.17. The molecule has 1 aliphatic carbocycles. The van der Waals surface area contributed by atoms with Crippen LogP contribution in [0.4, 0.5) is 16.0 Å². The summed E-state index contributed by atoms with van der Waals surface area (Å²) in [5.41, 5.74) is 2.47. The van der Waals surface area contributed by atoms with Crippen LogP contribution in [-0.2, 0) is 6.54 Å². The van der Waals surface area contributed by atoms with Gasteiger partial charge in [0.15, 0.2) is 0 Å². The van der Waals surface area contributed by atoms with Crippen molar-refractivity contribution in [3.05, 3.63) is 71.1 Å². The van der Waals surface area contributed by atoms with Gasteiger partial charge in [0.2, 0.25) is 0 Å². The molecule has 2 heterocycles. The Hall–Kier alpha value is -2.66. The van der Waals surface area contributed by atoms with Crippen LogP contribution in [0.15, 0.2) is 54.7 Å². The zero-order valence-corrected chi connectivity index (χ0v) is 17.6. The van der Waals surface area contributed by atoms with E-state index in [0.29, 0.717) is 23.3 Å². The van der Waals surface area contributed by atoms with Crippen LogP contribution in [0.5, 0.6) is 0 Å². The maximum Gasteiger partial charge on any atom is 0.126 e. The summed E-state index contributed by atoms with van der Waals surface area (Å²) < 4.78 is 13.4. The van der Waals surface area contributed by atoms with E-state index in [2.05, 4.69) is 20.6 Å². The minimum atomic E-state index is -0.243. The quantitative estimate of drug-likeness (QED) is 0.452. The largest absolute Gasteiger partial charge is 0.370 e. The zero-order chi connectivity index (χ0) is 20.8. The Labute approximate surface area is 181 Å². The van der Waals surface area contributed by atoms with E-state index in [1.54, 1.807) is 12.3 Å². The zero-order valence-electron chi connectivity index (χ0n) is 16.9. The van der Waals surface area contributed by atoms with E-state index in [-0.39, 0.29) is 5.82 Å². The molecule has 1 fully saturated rings. The monoisotopic (exact) mass is 424 g/mol. The van der Waals surface area contributed by atoms with Crippen LogP contribution in [0.3, 0.4) is 0 Å². The maximum absolute atomic E-state index is 13.4. The summed E-state index contributed by atoms with van der Waals surface area (Å²) >= 11 is 6.43. The van der Waals surface area contributed by atoms with E-state index in [1.165, 1.54) is 44.2 Å². The van der Waals surface area contributed by atoms with Crippen molar-refractivity contribution in [1.29, 1.82) is 0 Å². The number of anilines is 2. The molecule has 30 heavy (non-hydrogen) atoms. The number of halogens is 2. The van der Waals surface area contributed by atoms with Crippen LogP contribution in [0.2, 0.25) is 5.02 Å². The minimum Gasteiger partial charge on any atom is -0.370 e. The predicted molar refractivity (Wildman–Crippen MR) is 121 cm³/mol. The van der Waals surface area contributed by atoms with Crippen molar-refractivity contribution in [3.8, 4) is 11.3 Å². The molecule has 1 aliphatic rings. The highest BCUT2D eigenvalue weighted by Gasteiger charge is 2.14. The Morgan fingerprint density at radius 1 is 0.967 bits per heavy atom. The summed E-state index contributed by atoms with van der Waals surface area (Å²) in [6.45, 7) is 1.43. The molecule has 156 valence electrons. The van der Waals surface area contributed by atoms with Gasteiger partial charge in [-0.05, 0) is 54.7 Å². The molecule has 0 spiro atoms. The molecular formula is C24H26ClFN4. The second kappa shape index (κ2) is 9.90. The lowest BCUT2D eigenvalue weighted by atomic mass is 9.89. The topological polar surface area (TPSA) is 49.8 Å². The highest BCUT2D eigenvalue weighted by molar-refractivity contribution is 6.33. The molecule has 0 atom stereocenters. The van der Waals surface area contributed by atoms with Crippen molar-refractivity contribution in [1.82, 2.24) is 9.97 Å². The predicted octanol–water partition coefficient (Wildman–Crippen LogP) is 6.54. The van der Waals surface area contributed by atoms with Crippen LogP contribution >= 0.6 is 11.6 Å². The first-order valence-corrected chi connectivity index (χ1v) is 10.9. The van der Waals surface area contributed by atoms with Crippen molar-refractivity contribution < 1.29 is 4.39 Å². The molecule has 1 saturated carbocycles. The van der Waals surface area contributed by atoms with Crippen LogP contribution in [0, 0.1) is 11.7 Å². The molecule has 0 unspecified atom stereocenters. The van der Waals surface area contributed by atoms with Crippen LogP contribution in [-0.4, -0.2) is 16.5 Å². The van der Waals surface area contributed by atoms with Gasteiger partial charge >= 0.3 is 0 Å². The fraction of sp³-hybridized carbons (Fsp3) is 0.333. The number of nitrogens with one attached hydrogen (secondary N) is 2. The summed E-state index contributed by atoms with van der Waals surface area (Å²) in [6, 6.07) is 14.2. The molecule has 4 rings (SSSR count). The highest BCUT2D eigenvalue weighted by atomic mass is 35.5. The molecule has 1 aromatic carbocycles. The first-order chi connectivity index (χ1) is 14.7. The highest BCUT2D eigenvalue weighted by Crippen LogP contribution is 2.29. The van der Waals surface area contributed by atoms with Gasteiger partial charge in [-0.3, -0.25) is 0 Å². The summed E-state index contributed by atoms with van der Waals surface area (Å²) in [7, 11) is 0. The molecule has 0 aliphatic heterocycles.